The van der Waals surface area contributed by atoms with Gasteiger partial charge in [0.2, 0.25) is 76.8 Å². The van der Waals surface area contributed by atoms with Gasteiger partial charge in [0, 0.05) is 32.4 Å². The number of rotatable bonds is 51. The number of aliphatic carboxylic acids is 1. The maximum Gasteiger partial charge on any atom is 0.328 e. The van der Waals surface area contributed by atoms with E-state index in [0.29, 0.717) is 23.1 Å². The Morgan fingerprint density at radius 3 is 1.20 bits per heavy atom. The molecule has 3 aromatic carbocycles. The van der Waals surface area contributed by atoms with Crippen molar-refractivity contribution in [3.05, 3.63) is 102 Å². The number of carbonyl (C=O) groups is 14. The van der Waals surface area contributed by atoms with E-state index in [1.54, 1.807) is 114 Å². The molecule has 0 aliphatic carbocycles. The number of phenols is 1. The number of amides is 13. The first-order chi connectivity index (χ1) is 52.9. The molecular weight excluding hydrogens is 1450 g/mol. The lowest BCUT2D eigenvalue weighted by Gasteiger charge is -2.30. The molecule has 3 aromatic rings. The third kappa shape index (κ3) is 36.3. The number of carbonyl (C=O) groups excluding carboxylic acids is 13. The standard InChI is InChI=1S/C74H115N21O17/c1-40(2)34-53(91-68(107)54(36-44-18-10-8-11-19-44)86-58(100)39-84-57(99)38-85-62(101)48(76)35-46-25-27-47(97)28-26-46)67(106)89-51(24-17-33-83-74(80)81)63(102)87-50(23-16-32-82-73(78)79)64(103)90-52(29-30-56(77)98)65(104)92-55(37-45-20-12-9-13-21-45)69(108)88-49(22-14-15-31-75)66(105)93-59(41(3)4)70(109)94-60(42(5)6)71(110)95-61(43(7)96)72(111)112/h8-13,18-21,25-28,40-43,48-55,59-61,96-97H,14-17,22-24,29-39,75-76H2,1-7H3,(H2,77,98)(H,84,99)(H,85,101)(H,86,100)(H,87,102)(H,88,108)(H,89,106)(H,90,103)(H,91,107)(H,92,104)(H,93,105)(H,94,109)(H,95,110)(H,111,112)(H4,78,79,82)(H4,80,81,83)/t43-,48-,49+,50-,51?,52+,53-,54-,55?,59+,60+,61+/m1/s1. The zero-order valence-electron chi connectivity index (χ0n) is 64.5. The zero-order chi connectivity index (χ0) is 83.7. The van der Waals surface area contributed by atoms with Crippen LogP contribution in [0.15, 0.2) is 94.9 Å². The van der Waals surface area contributed by atoms with E-state index in [1.165, 1.54) is 12.1 Å². The lowest BCUT2D eigenvalue weighted by molar-refractivity contribution is -0.145. The summed E-state index contributed by atoms with van der Waals surface area (Å²) >= 11 is 0. The van der Waals surface area contributed by atoms with Crippen molar-refractivity contribution in [2.45, 2.75) is 205 Å². The Morgan fingerprint density at radius 2 is 0.777 bits per heavy atom. The van der Waals surface area contributed by atoms with Gasteiger partial charge in [-0.3, -0.25) is 72.3 Å². The second-order valence-corrected chi connectivity index (χ2v) is 28.2. The highest BCUT2D eigenvalue weighted by Gasteiger charge is 2.38. The summed E-state index contributed by atoms with van der Waals surface area (Å²) < 4.78 is 0. The highest BCUT2D eigenvalue weighted by atomic mass is 16.4. The number of primary amides is 1. The summed E-state index contributed by atoms with van der Waals surface area (Å²) in [7, 11) is 0. The van der Waals surface area contributed by atoms with Crippen molar-refractivity contribution in [3.8, 4) is 5.75 Å². The monoisotopic (exact) mass is 1570 g/mol. The van der Waals surface area contributed by atoms with Crippen LogP contribution in [0.1, 0.15) is 129 Å². The van der Waals surface area contributed by atoms with Crippen LogP contribution >= 0.6 is 0 Å². The van der Waals surface area contributed by atoms with Crippen LogP contribution in [-0.4, -0.2) is 215 Å². The smallest absolute Gasteiger partial charge is 0.328 e. The van der Waals surface area contributed by atoms with Crippen LogP contribution in [0.5, 0.6) is 5.75 Å². The van der Waals surface area contributed by atoms with Gasteiger partial charge in [-0.1, -0.05) is 114 Å². The number of aliphatic imine (C=N–C) groups is 2. The van der Waals surface area contributed by atoms with E-state index in [2.05, 4.69) is 73.8 Å². The maximum absolute atomic E-state index is 14.9. The van der Waals surface area contributed by atoms with Gasteiger partial charge in [-0.05, 0) is 124 Å². The first kappa shape index (κ1) is 94.7. The van der Waals surface area contributed by atoms with Crippen LogP contribution in [0.4, 0.5) is 0 Å². The molecule has 0 saturated carbocycles. The van der Waals surface area contributed by atoms with Crippen LogP contribution in [-0.2, 0) is 86.4 Å². The third-order valence-electron chi connectivity index (χ3n) is 17.4. The van der Waals surface area contributed by atoms with Gasteiger partial charge < -0.3 is 119 Å². The summed E-state index contributed by atoms with van der Waals surface area (Å²) in [5.41, 5.74) is 41.7. The largest absolute Gasteiger partial charge is 0.508 e. The SMILES string of the molecule is CC(C)C[C@@H](NC(=O)[C@@H](Cc1ccccc1)NC(=O)CNC(=O)CNC(=O)[C@H](N)Cc1ccc(O)cc1)C(=O)NC(CCCN=C(N)N)C(=O)N[C@H](CCCN=C(N)N)C(=O)N[C@@H](CCC(N)=O)C(=O)NC(Cc1ccccc1)C(=O)N[C@@H](CCCCN)C(=O)N[C@H](C(=O)N[C@H](C(=O)N[C@H](C(=O)O)[C@@H](C)O)C(C)C)C(C)C. The number of carboxylic acids is 1. The molecule has 0 aliphatic rings. The van der Waals surface area contributed by atoms with E-state index in [9.17, 15) is 82.4 Å². The number of aliphatic hydroxyl groups is 1. The van der Waals surface area contributed by atoms with Crippen molar-refractivity contribution in [2.24, 2.45) is 67.9 Å². The molecular formula is C74H115N21O17. The van der Waals surface area contributed by atoms with Crippen molar-refractivity contribution in [3.63, 3.8) is 0 Å². The zero-order valence-corrected chi connectivity index (χ0v) is 64.5. The molecule has 3 rings (SSSR count). The van der Waals surface area contributed by atoms with Crippen LogP contribution in [0.3, 0.4) is 0 Å². The average molecular weight is 1570 g/mol. The quantitative estimate of drug-likeness (QED) is 0.0143. The van der Waals surface area contributed by atoms with E-state index >= 15 is 0 Å². The molecule has 0 spiro atoms. The number of nitrogens with zero attached hydrogens (tertiary/aromatic N) is 2. The fourth-order valence-electron chi connectivity index (χ4n) is 11.3. The lowest BCUT2D eigenvalue weighted by Crippen LogP contribution is -2.62. The Kier molecular flexibility index (Phi) is 41.9. The minimum Gasteiger partial charge on any atom is -0.508 e. The van der Waals surface area contributed by atoms with E-state index in [-0.39, 0.29) is 107 Å². The average Bonchev–Trinajstić information content (AvgIpc) is 0.853. The Bertz CT molecular complexity index is 3650. The molecule has 618 valence electrons. The summed E-state index contributed by atoms with van der Waals surface area (Å²) in [5, 5.41) is 60.0. The molecule has 0 heterocycles. The van der Waals surface area contributed by atoms with Crippen molar-refractivity contribution >= 4 is 94.7 Å². The number of hydrogen-bond donors (Lipinski definition) is 22. The van der Waals surface area contributed by atoms with Gasteiger partial charge in [-0.25, -0.2) is 4.79 Å². The fraction of sp³-hybridized carbons (Fsp3) is 0.541. The summed E-state index contributed by atoms with van der Waals surface area (Å²) in [5.74, 6) is -15.3. The molecule has 38 heteroatoms. The summed E-state index contributed by atoms with van der Waals surface area (Å²) in [4.78, 5) is 202. The number of hydrogen-bond acceptors (Lipinski definition) is 20. The minimum atomic E-state index is -1.72. The Morgan fingerprint density at radius 1 is 0.402 bits per heavy atom. The predicted octanol–water partition coefficient (Wildman–Crippen LogP) is -4.85. The van der Waals surface area contributed by atoms with Gasteiger partial charge in [0.25, 0.3) is 0 Å². The van der Waals surface area contributed by atoms with E-state index in [0.717, 1.165) is 6.92 Å². The fourth-order valence-corrected chi connectivity index (χ4v) is 11.3. The van der Waals surface area contributed by atoms with E-state index in [1.807, 2.05) is 0 Å². The van der Waals surface area contributed by atoms with Gasteiger partial charge in [-0.15, -0.1) is 0 Å². The van der Waals surface area contributed by atoms with Gasteiger partial charge in [0.05, 0.1) is 25.2 Å². The number of nitrogens with one attached hydrogen (secondary N) is 12. The second kappa shape index (κ2) is 49.6. The van der Waals surface area contributed by atoms with E-state index in [4.69, 9.17) is 40.1 Å². The first-order valence-corrected chi connectivity index (χ1v) is 37.1. The molecule has 2 unspecified atom stereocenters. The summed E-state index contributed by atoms with van der Waals surface area (Å²) in [6, 6.07) is 6.77. The number of phenolic OH excluding ortho intramolecular Hbond substituents is 1. The number of guanidine groups is 2. The molecule has 12 atom stereocenters. The molecule has 0 fully saturated rings. The number of aromatic hydroxyl groups is 1. The first-order valence-electron chi connectivity index (χ1n) is 37.1. The van der Waals surface area contributed by atoms with Crippen molar-refractivity contribution < 1.29 is 82.4 Å². The van der Waals surface area contributed by atoms with Gasteiger partial charge in [0.1, 0.15) is 60.1 Å². The van der Waals surface area contributed by atoms with Gasteiger partial charge >= 0.3 is 5.97 Å². The Balaban J connectivity index is 2.00. The molecule has 38 nitrogen and oxygen atoms in total. The van der Waals surface area contributed by atoms with Crippen LogP contribution in [0.2, 0.25) is 0 Å². The van der Waals surface area contributed by atoms with Crippen molar-refractivity contribution in [1.82, 2.24) is 63.8 Å². The molecule has 13 amide bonds. The topological polar surface area (TPSA) is 651 Å². The summed E-state index contributed by atoms with van der Waals surface area (Å²) in [6.45, 7) is 9.84. The van der Waals surface area contributed by atoms with Gasteiger partial charge in [0.15, 0.2) is 18.0 Å². The molecule has 112 heavy (non-hydrogen) atoms. The molecule has 0 bridgehead atoms. The highest BCUT2D eigenvalue weighted by Crippen LogP contribution is 2.16. The predicted molar refractivity (Wildman–Crippen MR) is 415 cm³/mol. The lowest BCUT2D eigenvalue weighted by atomic mass is 9.98. The van der Waals surface area contributed by atoms with Crippen LogP contribution in [0, 0.1) is 17.8 Å². The molecule has 29 N–H and O–H groups in total. The van der Waals surface area contributed by atoms with Crippen LogP contribution in [0.25, 0.3) is 0 Å². The van der Waals surface area contributed by atoms with E-state index < -0.39 is 193 Å². The van der Waals surface area contributed by atoms with Crippen molar-refractivity contribution in [1.29, 1.82) is 0 Å². The van der Waals surface area contributed by atoms with Crippen molar-refractivity contribution in [2.75, 3.05) is 32.7 Å². The Labute approximate surface area is 650 Å². The molecule has 0 radical (unpaired) electrons. The van der Waals surface area contributed by atoms with Crippen LogP contribution < -0.4 is 104 Å². The molecule has 0 aromatic heterocycles. The third-order valence-corrected chi connectivity index (χ3v) is 17.4. The maximum atomic E-state index is 14.9. The highest BCUT2D eigenvalue weighted by molar-refractivity contribution is 6.00. The summed E-state index contributed by atoms with van der Waals surface area (Å²) in [6.07, 6.45) is -2.63. The number of benzene rings is 3. The normalized spacial score (nSPS) is 14.3. The number of aliphatic hydroxyl groups excluding tert-OH is 1. The molecule has 0 saturated heterocycles. The number of nitrogens with two attached hydrogens (primary N) is 7. The molecule has 0 aliphatic heterocycles. The minimum absolute atomic E-state index is 0.0000726. The van der Waals surface area contributed by atoms with Gasteiger partial charge in [-0.2, -0.15) is 0 Å². The number of unbranched alkanes of at least 4 members (excludes halogenated alkanes) is 1. The number of carboxylic acid groups (broad SMARTS) is 1. The second-order valence-electron chi connectivity index (χ2n) is 28.2. The Hall–Kier alpha value is -11.5.